The molecule has 1 amide bonds. The lowest BCUT2D eigenvalue weighted by atomic mass is 10.1. The number of carbonyl (C=O) groups is 1. The van der Waals surface area contributed by atoms with Crippen molar-refractivity contribution < 1.29 is 14.5 Å². The number of amides is 1. The van der Waals surface area contributed by atoms with E-state index in [0.717, 1.165) is 18.4 Å². The molecule has 2 aromatic rings. The number of nitrogens with one attached hydrogen (secondary N) is 1. The number of nitro benzene ring substituents is 1. The van der Waals surface area contributed by atoms with Crippen molar-refractivity contribution in [3.8, 4) is 5.75 Å². The number of ether oxygens (including phenoxy) is 1. The van der Waals surface area contributed by atoms with Crippen molar-refractivity contribution in [3.05, 3.63) is 63.7 Å². The number of hydrogen-bond donors (Lipinski definition) is 1. The van der Waals surface area contributed by atoms with Crippen LogP contribution in [0.3, 0.4) is 0 Å². The molecule has 126 valence electrons. The van der Waals surface area contributed by atoms with Gasteiger partial charge in [-0.1, -0.05) is 31.5 Å². The molecule has 0 radical (unpaired) electrons. The highest BCUT2D eigenvalue weighted by atomic mass is 16.6. The number of rotatable bonds is 7. The Morgan fingerprint density at radius 2 is 1.92 bits per heavy atom. The number of nitro groups is 1. The van der Waals surface area contributed by atoms with Gasteiger partial charge in [-0.05, 0) is 42.7 Å². The number of aryl methyl sites for hydroxylation is 2. The number of anilines is 1. The molecule has 0 bridgehead atoms. The third-order valence-corrected chi connectivity index (χ3v) is 3.45. The van der Waals surface area contributed by atoms with E-state index >= 15 is 0 Å². The van der Waals surface area contributed by atoms with Gasteiger partial charge in [0.05, 0.1) is 4.92 Å². The Kier molecular flexibility index (Phi) is 5.89. The zero-order valence-electron chi connectivity index (χ0n) is 13.7. The van der Waals surface area contributed by atoms with Crippen molar-refractivity contribution in [2.24, 2.45) is 0 Å². The molecule has 0 saturated heterocycles. The van der Waals surface area contributed by atoms with Crippen LogP contribution in [0.25, 0.3) is 0 Å². The van der Waals surface area contributed by atoms with E-state index in [1.165, 1.54) is 11.6 Å². The Morgan fingerprint density at radius 1 is 1.21 bits per heavy atom. The molecule has 2 aromatic carbocycles. The topological polar surface area (TPSA) is 81.5 Å². The first-order valence-electron chi connectivity index (χ1n) is 7.76. The fraction of sp³-hybridized carbons (Fsp3) is 0.278. The van der Waals surface area contributed by atoms with Crippen molar-refractivity contribution >= 4 is 17.3 Å². The Labute approximate surface area is 140 Å². The minimum atomic E-state index is -0.529. The van der Waals surface area contributed by atoms with E-state index in [-0.39, 0.29) is 24.0 Å². The van der Waals surface area contributed by atoms with E-state index in [0.29, 0.717) is 5.69 Å². The van der Waals surface area contributed by atoms with Crippen LogP contribution in [0.4, 0.5) is 11.4 Å². The van der Waals surface area contributed by atoms with Gasteiger partial charge in [0.1, 0.15) is 0 Å². The summed E-state index contributed by atoms with van der Waals surface area (Å²) in [5.74, 6) is -0.275. The van der Waals surface area contributed by atoms with Gasteiger partial charge in [-0.3, -0.25) is 14.9 Å². The lowest BCUT2D eigenvalue weighted by Crippen LogP contribution is -2.20. The minimum absolute atomic E-state index is 0.0912. The SMILES string of the molecule is CCCc1ccc(NC(=O)COc2cc(C)ccc2[N+](=O)[O-])cc1. The fourth-order valence-electron chi connectivity index (χ4n) is 2.27. The Morgan fingerprint density at radius 3 is 2.54 bits per heavy atom. The van der Waals surface area contributed by atoms with Gasteiger partial charge in [-0.15, -0.1) is 0 Å². The van der Waals surface area contributed by atoms with Crippen LogP contribution in [0.15, 0.2) is 42.5 Å². The second-order valence-electron chi connectivity index (χ2n) is 5.51. The largest absolute Gasteiger partial charge is 0.477 e. The molecule has 1 N–H and O–H groups in total. The molecular weight excluding hydrogens is 308 g/mol. The number of hydrogen-bond acceptors (Lipinski definition) is 4. The van der Waals surface area contributed by atoms with Crippen molar-refractivity contribution in [2.45, 2.75) is 26.7 Å². The number of benzene rings is 2. The van der Waals surface area contributed by atoms with Crippen molar-refractivity contribution in [2.75, 3.05) is 11.9 Å². The first-order chi connectivity index (χ1) is 11.5. The summed E-state index contributed by atoms with van der Waals surface area (Å²) in [5, 5.41) is 13.7. The molecular formula is C18H20N2O4. The maximum Gasteiger partial charge on any atom is 0.310 e. The monoisotopic (exact) mass is 328 g/mol. The van der Waals surface area contributed by atoms with E-state index in [2.05, 4.69) is 12.2 Å². The molecule has 0 aliphatic carbocycles. The summed E-state index contributed by atoms with van der Waals surface area (Å²) >= 11 is 0. The van der Waals surface area contributed by atoms with Crippen LogP contribution < -0.4 is 10.1 Å². The summed E-state index contributed by atoms with van der Waals surface area (Å²) in [6, 6.07) is 12.1. The zero-order chi connectivity index (χ0) is 17.5. The maximum absolute atomic E-state index is 12.0. The van der Waals surface area contributed by atoms with Gasteiger partial charge >= 0.3 is 5.69 Å². The standard InChI is InChI=1S/C18H20N2O4/c1-3-4-14-6-8-15(9-7-14)19-18(21)12-24-17-11-13(2)5-10-16(17)20(22)23/h5-11H,3-4,12H2,1-2H3,(H,19,21). The zero-order valence-corrected chi connectivity index (χ0v) is 13.7. The summed E-state index contributed by atoms with van der Waals surface area (Å²) in [6.45, 7) is 3.62. The summed E-state index contributed by atoms with van der Waals surface area (Å²) in [4.78, 5) is 22.4. The lowest BCUT2D eigenvalue weighted by molar-refractivity contribution is -0.385. The Balaban J connectivity index is 1.96. The van der Waals surface area contributed by atoms with Crippen molar-refractivity contribution in [3.63, 3.8) is 0 Å². The molecule has 2 rings (SSSR count). The van der Waals surface area contributed by atoms with Gasteiger partial charge in [0, 0.05) is 11.8 Å². The minimum Gasteiger partial charge on any atom is -0.477 e. The molecule has 6 nitrogen and oxygen atoms in total. The molecule has 6 heteroatoms. The van der Waals surface area contributed by atoms with Crippen LogP contribution in [-0.4, -0.2) is 17.4 Å². The Bertz CT molecular complexity index is 726. The third kappa shape index (κ3) is 4.81. The third-order valence-electron chi connectivity index (χ3n) is 3.45. The highest BCUT2D eigenvalue weighted by molar-refractivity contribution is 5.91. The maximum atomic E-state index is 12.0. The van der Waals surface area contributed by atoms with Gasteiger partial charge in [-0.25, -0.2) is 0 Å². The van der Waals surface area contributed by atoms with Gasteiger partial charge in [0.15, 0.2) is 12.4 Å². The predicted octanol–water partition coefficient (Wildman–Crippen LogP) is 3.87. The highest BCUT2D eigenvalue weighted by Crippen LogP contribution is 2.27. The molecule has 0 aromatic heterocycles. The average Bonchev–Trinajstić information content (AvgIpc) is 2.55. The van der Waals surface area contributed by atoms with Crippen LogP contribution >= 0.6 is 0 Å². The van der Waals surface area contributed by atoms with Crippen molar-refractivity contribution in [1.82, 2.24) is 0 Å². The molecule has 0 saturated carbocycles. The van der Waals surface area contributed by atoms with Crippen LogP contribution in [0.2, 0.25) is 0 Å². The number of nitrogens with zero attached hydrogens (tertiary/aromatic N) is 1. The fourth-order valence-corrected chi connectivity index (χ4v) is 2.27. The van der Waals surface area contributed by atoms with Crippen LogP contribution in [0.5, 0.6) is 5.75 Å². The smallest absolute Gasteiger partial charge is 0.310 e. The van der Waals surface area contributed by atoms with Gasteiger partial charge in [0.2, 0.25) is 0 Å². The van der Waals surface area contributed by atoms with Crippen LogP contribution in [-0.2, 0) is 11.2 Å². The van der Waals surface area contributed by atoms with E-state index in [4.69, 9.17) is 4.74 Å². The van der Waals surface area contributed by atoms with Crippen molar-refractivity contribution in [1.29, 1.82) is 0 Å². The van der Waals surface area contributed by atoms with Gasteiger partial charge in [0.25, 0.3) is 5.91 Å². The van der Waals surface area contributed by atoms with E-state index in [9.17, 15) is 14.9 Å². The van der Waals surface area contributed by atoms with E-state index in [1.54, 1.807) is 19.1 Å². The van der Waals surface area contributed by atoms with E-state index < -0.39 is 4.92 Å². The van der Waals surface area contributed by atoms with Crippen LogP contribution in [0, 0.1) is 17.0 Å². The lowest BCUT2D eigenvalue weighted by Gasteiger charge is -2.09. The molecule has 0 atom stereocenters. The first kappa shape index (κ1) is 17.5. The molecule has 0 aliphatic rings. The molecule has 24 heavy (non-hydrogen) atoms. The molecule has 0 unspecified atom stereocenters. The number of carbonyl (C=O) groups excluding carboxylic acids is 1. The molecule has 0 fully saturated rings. The molecule has 0 aliphatic heterocycles. The molecule has 0 heterocycles. The van der Waals surface area contributed by atoms with Gasteiger partial charge in [-0.2, -0.15) is 0 Å². The van der Waals surface area contributed by atoms with Gasteiger partial charge < -0.3 is 10.1 Å². The summed E-state index contributed by atoms with van der Waals surface area (Å²) in [6.07, 6.45) is 2.06. The van der Waals surface area contributed by atoms with E-state index in [1.807, 2.05) is 24.3 Å². The normalized spacial score (nSPS) is 10.2. The summed E-state index contributed by atoms with van der Waals surface area (Å²) in [7, 11) is 0. The second kappa shape index (κ2) is 8.10. The Hall–Kier alpha value is -2.89. The second-order valence-corrected chi connectivity index (χ2v) is 5.51. The average molecular weight is 328 g/mol. The summed E-state index contributed by atoms with van der Waals surface area (Å²) in [5.41, 5.74) is 2.55. The highest BCUT2D eigenvalue weighted by Gasteiger charge is 2.16. The van der Waals surface area contributed by atoms with Crippen LogP contribution in [0.1, 0.15) is 24.5 Å². The first-order valence-corrected chi connectivity index (χ1v) is 7.76. The molecule has 0 spiro atoms. The quantitative estimate of drug-likeness (QED) is 0.618. The summed E-state index contributed by atoms with van der Waals surface area (Å²) < 4.78 is 5.32. The predicted molar refractivity (Wildman–Crippen MR) is 92.4 cm³/mol.